The van der Waals surface area contributed by atoms with Crippen molar-refractivity contribution in [2.45, 2.75) is 59.8 Å². The lowest BCUT2D eigenvalue weighted by Crippen LogP contribution is -2.22. The number of nitrogens with one attached hydrogen (secondary N) is 1. The fourth-order valence-corrected chi connectivity index (χ4v) is 2.08. The smallest absolute Gasteiger partial charge is 0.148 e. The minimum atomic E-state index is 0.311. The maximum atomic E-state index is 4.46. The molecule has 0 aliphatic heterocycles. The molecule has 1 N–H and O–H groups in total. The summed E-state index contributed by atoms with van der Waals surface area (Å²) in [5.74, 6) is 0.939. The van der Waals surface area contributed by atoms with Crippen LogP contribution in [-0.4, -0.2) is 30.6 Å². The quantitative estimate of drug-likeness (QED) is 0.875. The molecular formula is C14H24N6. The van der Waals surface area contributed by atoms with Crippen LogP contribution in [-0.2, 0) is 13.1 Å². The van der Waals surface area contributed by atoms with Gasteiger partial charge in [-0.15, -0.1) is 0 Å². The van der Waals surface area contributed by atoms with Crippen molar-refractivity contribution in [1.82, 2.24) is 29.9 Å². The highest BCUT2D eigenvalue weighted by Crippen LogP contribution is 2.11. The number of nitrogens with zero attached hydrogens (tertiary/aromatic N) is 5. The molecule has 0 unspecified atom stereocenters. The average Bonchev–Trinajstić information content (AvgIpc) is 2.96. The van der Waals surface area contributed by atoms with Gasteiger partial charge in [0.15, 0.2) is 0 Å². The first kappa shape index (κ1) is 14.7. The third-order valence-electron chi connectivity index (χ3n) is 3.33. The molecule has 2 heterocycles. The van der Waals surface area contributed by atoms with Gasteiger partial charge in [0.05, 0.1) is 6.20 Å². The molecule has 20 heavy (non-hydrogen) atoms. The molecule has 0 saturated heterocycles. The van der Waals surface area contributed by atoms with Gasteiger partial charge in [0.1, 0.15) is 18.7 Å². The van der Waals surface area contributed by atoms with Gasteiger partial charge in [0, 0.05) is 29.9 Å². The van der Waals surface area contributed by atoms with E-state index >= 15 is 0 Å². The first-order valence-corrected chi connectivity index (χ1v) is 7.12. The van der Waals surface area contributed by atoms with Crippen molar-refractivity contribution in [1.29, 1.82) is 0 Å². The predicted octanol–water partition coefficient (Wildman–Crippen LogP) is 1.91. The van der Waals surface area contributed by atoms with E-state index in [1.807, 2.05) is 15.6 Å². The molecule has 2 aromatic rings. The van der Waals surface area contributed by atoms with Gasteiger partial charge in [0.2, 0.25) is 0 Å². The second kappa shape index (κ2) is 6.17. The van der Waals surface area contributed by atoms with Gasteiger partial charge in [-0.2, -0.15) is 10.2 Å². The van der Waals surface area contributed by atoms with Crippen molar-refractivity contribution in [3.05, 3.63) is 29.6 Å². The minimum Gasteiger partial charge on any atom is -0.310 e. The molecule has 0 aliphatic rings. The third kappa shape index (κ3) is 3.25. The molecule has 0 saturated carbocycles. The maximum absolute atomic E-state index is 4.46. The standard InChI is InChI=1S/C14H24N6/c1-10(2)15-6-13-7-17-19(12(13)5)8-14-16-9-18-20(14)11(3)4/h7,9-11,15H,6,8H2,1-5H3. The van der Waals surface area contributed by atoms with E-state index in [1.54, 1.807) is 6.33 Å². The first-order chi connectivity index (χ1) is 9.49. The lowest BCUT2D eigenvalue weighted by molar-refractivity contribution is 0.485. The van der Waals surface area contributed by atoms with Crippen LogP contribution in [0.15, 0.2) is 12.5 Å². The zero-order valence-electron chi connectivity index (χ0n) is 13.0. The Kier molecular flexibility index (Phi) is 4.54. The second-order valence-electron chi connectivity index (χ2n) is 5.66. The summed E-state index contributed by atoms with van der Waals surface area (Å²) in [6.07, 6.45) is 3.54. The van der Waals surface area contributed by atoms with E-state index in [4.69, 9.17) is 0 Å². The van der Waals surface area contributed by atoms with Crippen molar-refractivity contribution in [2.24, 2.45) is 0 Å². The van der Waals surface area contributed by atoms with Crippen molar-refractivity contribution < 1.29 is 0 Å². The molecule has 0 aliphatic carbocycles. The van der Waals surface area contributed by atoms with Crippen LogP contribution in [0.25, 0.3) is 0 Å². The Labute approximate surface area is 120 Å². The van der Waals surface area contributed by atoms with E-state index in [1.165, 1.54) is 11.3 Å². The lowest BCUT2D eigenvalue weighted by Gasteiger charge is -2.11. The summed E-state index contributed by atoms with van der Waals surface area (Å²) in [6, 6.07) is 0.784. The molecule has 0 aromatic carbocycles. The summed E-state index contributed by atoms with van der Waals surface area (Å²) in [5.41, 5.74) is 2.41. The van der Waals surface area contributed by atoms with Crippen LogP contribution in [0.5, 0.6) is 0 Å². The van der Waals surface area contributed by atoms with Crippen LogP contribution in [0.3, 0.4) is 0 Å². The topological polar surface area (TPSA) is 60.6 Å². The molecule has 0 atom stereocenters. The Morgan fingerprint density at radius 3 is 2.60 bits per heavy atom. The Morgan fingerprint density at radius 2 is 1.95 bits per heavy atom. The summed E-state index contributed by atoms with van der Waals surface area (Å²) >= 11 is 0. The Balaban J connectivity index is 2.12. The van der Waals surface area contributed by atoms with Crippen molar-refractivity contribution >= 4 is 0 Å². The van der Waals surface area contributed by atoms with E-state index in [0.717, 1.165) is 12.4 Å². The van der Waals surface area contributed by atoms with Crippen LogP contribution in [0.1, 0.15) is 50.8 Å². The van der Waals surface area contributed by atoms with Crippen LogP contribution in [0.2, 0.25) is 0 Å². The zero-order valence-corrected chi connectivity index (χ0v) is 13.0. The normalized spacial score (nSPS) is 11.8. The Bertz CT molecular complexity index is 552. The van der Waals surface area contributed by atoms with E-state index in [0.29, 0.717) is 18.6 Å². The molecule has 2 rings (SSSR count). The van der Waals surface area contributed by atoms with Gasteiger partial charge < -0.3 is 5.32 Å². The number of rotatable bonds is 6. The summed E-state index contributed by atoms with van der Waals surface area (Å²) in [7, 11) is 0. The van der Waals surface area contributed by atoms with Gasteiger partial charge in [-0.25, -0.2) is 9.67 Å². The monoisotopic (exact) mass is 276 g/mol. The second-order valence-corrected chi connectivity index (χ2v) is 5.66. The molecule has 110 valence electrons. The van der Waals surface area contributed by atoms with Crippen molar-refractivity contribution in [3.63, 3.8) is 0 Å². The predicted molar refractivity (Wildman–Crippen MR) is 78.4 cm³/mol. The average molecular weight is 276 g/mol. The molecule has 6 nitrogen and oxygen atoms in total. The Morgan fingerprint density at radius 1 is 1.20 bits per heavy atom. The molecule has 0 radical (unpaired) electrons. The Hall–Kier alpha value is -1.69. The van der Waals surface area contributed by atoms with E-state index in [9.17, 15) is 0 Å². The number of aromatic nitrogens is 5. The van der Waals surface area contributed by atoms with E-state index < -0.39 is 0 Å². The summed E-state index contributed by atoms with van der Waals surface area (Å²) < 4.78 is 3.92. The first-order valence-electron chi connectivity index (χ1n) is 7.12. The molecule has 0 spiro atoms. The number of hydrogen-bond acceptors (Lipinski definition) is 4. The van der Waals surface area contributed by atoms with Gasteiger partial charge >= 0.3 is 0 Å². The summed E-state index contributed by atoms with van der Waals surface area (Å²) in [6.45, 7) is 12.1. The number of hydrogen-bond donors (Lipinski definition) is 1. The van der Waals surface area contributed by atoms with E-state index in [-0.39, 0.29) is 0 Å². The minimum absolute atomic E-state index is 0.311. The van der Waals surface area contributed by atoms with Gasteiger partial charge in [-0.3, -0.25) is 4.68 Å². The fraction of sp³-hybridized carbons (Fsp3) is 0.643. The highest BCUT2D eigenvalue weighted by molar-refractivity contribution is 5.16. The van der Waals surface area contributed by atoms with Crippen LogP contribution in [0, 0.1) is 6.92 Å². The largest absolute Gasteiger partial charge is 0.310 e. The maximum Gasteiger partial charge on any atom is 0.148 e. The highest BCUT2D eigenvalue weighted by Gasteiger charge is 2.12. The molecule has 6 heteroatoms. The molecule has 2 aromatic heterocycles. The zero-order chi connectivity index (χ0) is 14.7. The molecule has 0 bridgehead atoms. The van der Waals surface area contributed by atoms with Gasteiger partial charge in [0.25, 0.3) is 0 Å². The summed E-state index contributed by atoms with van der Waals surface area (Å²) in [4.78, 5) is 4.33. The third-order valence-corrected chi connectivity index (χ3v) is 3.33. The van der Waals surface area contributed by atoms with Crippen LogP contribution >= 0.6 is 0 Å². The van der Waals surface area contributed by atoms with Crippen LogP contribution < -0.4 is 5.32 Å². The van der Waals surface area contributed by atoms with Crippen LogP contribution in [0.4, 0.5) is 0 Å². The van der Waals surface area contributed by atoms with Gasteiger partial charge in [-0.05, 0) is 20.8 Å². The molecule has 0 amide bonds. The SMILES string of the molecule is Cc1c(CNC(C)C)cnn1Cc1ncnn1C(C)C. The highest BCUT2D eigenvalue weighted by atomic mass is 15.4. The lowest BCUT2D eigenvalue weighted by atomic mass is 10.2. The fourth-order valence-electron chi connectivity index (χ4n) is 2.08. The van der Waals surface area contributed by atoms with Crippen molar-refractivity contribution in [3.8, 4) is 0 Å². The molecular weight excluding hydrogens is 252 g/mol. The molecule has 0 fully saturated rings. The summed E-state index contributed by atoms with van der Waals surface area (Å²) in [5, 5.41) is 12.1. The van der Waals surface area contributed by atoms with Gasteiger partial charge in [-0.1, -0.05) is 13.8 Å². The van der Waals surface area contributed by atoms with E-state index in [2.05, 4.69) is 55.1 Å². The van der Waals surface area contributed by atoms with Crippen molar-refractivity contribution in [2.75, 3.05) is 0 Å².